The number of rotatable bonds is 5. The normalized spacial score (nSPS) is 22.2. The van der Waals surface area contributed by atoms with Crippen molar-refractivity contribution in [2.75, 3.05) is 11.9 Å². The van der Waals surface area contributed by atoms with Crippen LogP contribution < -0.4 is 5.32 Å². The van der Waals surface area contributed by atoms with Crippen LogP contribution in [0.15, 0.2) is 6.20 Å². The Morgan fingerprint density at radius 2 is 2.25 bits per heavy atom. The number of hydrogen-bond donors (Lipinski definition) is 2. The van der Waals surface area contributed by atoms with Crippen LogP contribution in [0.25, 0.3) is 0 Å². The lowest BCUT2D eigenvalue weighted by Crippen LogP contribution is -2.19. The highest BCUT2D eigenvalue weighted by atomic mass is 16.4. The number of nitrogens with zero attached hydrogens (tertiary/aromatic N) is 2. The van der Waals surface area contributed by atoms with Crippen LogP contribution in [-0.2, 0) is 0 Å². The topological polar surface area (TPSA) is 75.1 Å². The molecule has 1 aromatic rings. The second-order valence-electron chi connectivity index (χ2n) is 6.00. The number of nitrogens with one attached hydrogen (secondary N) is 1. The van der Waals surface area contributed by atoms with Gasteiger partial charge in [-0.1, -0.05) is 33.6 Å². The van der Waals surface area contributed by atoms with E-state index in [-0.39, 0.29) is 11.6 Å². The molecular formula is C15H23N3O2. The molecule has 0 aromatic carbocycles. The lowest BCUT2D eigenvalue weighted by atomic mass is 9.98. The second kappa shape index (κ2) is 6.20. The number of carboxylic acids is 1. The molecule has 0 aliphatic heterocycles. The summed E-state index contributed by atoms with van der Waals surface area (Å²) in [5.74, 6) is 1.00. The second-order valence-corrected chi connectivity index (χ2v) is 6.00. The van der Waals surface area contributed by atoms with E-state index in [0.717, 1.165) is 6.54 Å². The molecule has 1 aliphatic rings. The molecular weight excluding hydrogens is 254 g/mol. The van der Waals surface area contributed by atoms with Gasteiger partial charge in [0, 0.05) is 12.5 Å². The smallest absolute Gasteiger partial charge is 0.356 e. The molecule has 1 aliphatic carbocycles. The van der Waals surface area contributed by atoms with Gasteiger partial charge in [0.25, 0.3) is 0 Å². The summed E-state index contributed by atoms with van der Waals surface area (Å²) in [5, 5.41) is 12.5. The first-order valence-corrected chi connectivity index (χ1v) is 7.33. The average molecular weight is 277 g/mol. The van der Waals surface area contributed by atoms with Crippen molar-refractivity contribution in [3.05, 3.63) is 17.7 Å². The summed E-state index contributed by atoms with van der Waals surface area (Å²) in [7, 11) is 0. The summed E-state index contributed by atoms with van der Waals surface area (Å²) in [5.41, 5.74) is 0.607. The molecule has 20 heavy (non-hydrogen) atoms. The van der Waals surface area contributed by atoms with Crippen LogP contribution in [0.2, 0.25) is 0 Å². The molecule has 2 rings (SSSR count). The van der Waals surface area contributed by atoms with Gasteiger partial charge >= 0.3 is 5.97 Å². The molecule has 1 heterocycles. The zero-order valence-corrected chi connectivity index (χ0v) is 12.4. The van der Waals surface area contributed by atoms with Gasteiger partial charge in [0.15, 0.2) is 5.69 Å². The van der Waals surface area contributed by atoms with Gasteiger partial charge in [-0.2, -0.15) is 0 Å². The van der Waals surface area contributed by atoms with Gasteiger partial charge in [0.1, 0.15) is 5.82 Å². The van der Waals surface area contributed by atoms with Gasteiger partial charge in [0.05, 0.1) is 11.9 Å². The zero-order valence-electron chi connectivity index (χ0n) is 12.4. The summed E-state index contributed by atoms with van der Waals surface area (Å²) in [6.07, 6.45) is 5.34. The van der Waals surface area contributed by atoms with Crippen molar-refractivity contribution >= 4 is 11.7 Å². The number of carboxylic acid groups (broad SMARTS) is 1. The number of aromatic carboxylic acids is 1. The molecule has 110 valence electrons. The number of aromatic nitrogens is 2. The average Bonchev–Trinajstić information content (AvgIpc) is 2.81. The maximum atomic E-state index is 11.3. The lowest BCUT2D eigenvalue weighted by molar-refractivity contribution is 0.0691. The number of carbonyl (C=O) groups is 1. The highest BCUT2D eigenvalue weighted by Crippen LogP contribution is 2.31. The molecule has 0 radical (unpaired) electrons. The largest absolute Gasteiger partial charge is 0.476 e. The first-order chi connectivity index (χ1) is 9.49. The van der Waals surface area contributed by atoms with Gasteiger partial charge in [-0.15, -0.1) is 0 Å². The Morgan fingerprint density at radius 3 is 2.80 bits per heavy atom. The quantitative estimate of drug-likeness (QED) is 0.864. The van der Waals surface area contributed by atoms with Crippen LogP contribution >= 0.6 is 0 Å². The molecule has 2 N–H and O–H groups in total. The van der Waals surface area contributed by atoms with E-state index in [0.29, 0.717) is 23.3 Å². The van der Waals surface area contributed by atoms with Gasteiger partial charge in [0.2, 0.25) is 0 Å². The third-order valence-electron chi connectivity index (χ3n) is 4.12. The molecule has 0 spiro atoms. The van der Waals surface area contributed by atoms with Gasteiger partial charge in [-0.05, 0) is 18.3 Å². The summed E-state index contributed by atoms with van der Waals surface area (Å²) in [6, 6.07) is 0. The maximum absolute atomic E-state index is 11.3. The first-order valence-electron chi connectivity index (χ1n) is 7.33. The fourth-order valence-corrected chi connectivity index (χ4v) is 2.73. The Morgan fingerprint density at radius 1 is 1.50 bits per heavy atom. The Bertz CT molecular complexity index is 488. The standard InChI is InChI=1S/C15H23N3O2/c1-9(2)14-17-8-12(13(18-14)15(19)20)16-7-11-6-4-5-10(11)3/h8-11,16H,4-7H2,1-3H3,(H,19,20). The minimum Gasteiger partial charge on any atom is -0.476 e. The van der Waals surface area contributed by atoms with E-state index in [1.165, 1.54) is 19.3 Å². The van der Waals surface area contributed by atoms with Crippen molar-refractivity contribution < 1.29 is 9.90 Å². The van der Waals surface area contributed by atoms with Gasteiger partial charge in [-0.25, -0.2) is 14.8 Å². The highest BCUT2D eigenvalue weighted by molar-refractivity contribution is 5.91. The fourth-order valence-electron chi connectivity index (χ4n) is 2.73. The predicted molar refractivity (Wildman–Crippen MR) is 78.1 cm³/mol. The van der Waals surface area contributed by atoms with Gasteiger partial charge in [-0.3, -0.25) is 0 Å². The van der Waals surface area contributed by atoms with Crippen molar-refractivity contribution in [3.8, 4) is 0 Å². The van der Waals surface area contributed by atoms with Crippen LogP contribution in [-0.4, -0.2) is 27.6 Å². The third-order valence-corrected chi connectivity index (χ3v) is 4.12. The summed E-state index contributed by atoms with van der Waals surface area (Å²) in [6.45, 7) is 6.96. The Balaban J connectivity index is 2.12. The zero-order chi connectivity index (χ0) is 14.7. The van der Waals surface area contributed by atoms with E-state index < -0.39 is 5.97 Å². The molecule has 2 unspecified atom stereocenters. The van der Waals surface area contributed by atoms with Crippen LogP contribution in [0, 0.1) is 11.8 Å². The molecule has 0 bridgehead atoms. The van der Waals surface area contributed by atoms with Crippen molar-refractivity contribution in [1.29, 1.82) is 0 Å². The van der Waals surface area contributed by atoms with Crippen molar-refractivity contribution in [1.82, 2.24) is 9.97 Å². The van der Waals surface area contributed by atoms with Crippen molar-refractivity contribution in [2.24, 2.45) is 11.8 Å². The predicted octanol–water partition coefficient (Wildman–Crippen LogP) is 3.15. The summed E-state index contributed by atoms with van der Waals surface area (Å²) in [4.78, 5) is 19.7. The lowest BCUT2D eigenvalue weighted by Gasteiger charge is -2.17. The Labute approximate surface area is 119 Å². The van der Waals surface area contributed by atoms with Crippen LogP contribution in [0.1, 0.15) is 62.3 Å². The number of anilines is 1. The molecule has 2 atom stereocenters. The van der Waals surface area contributed by atoms with Crippen molar-refractivity contribution in [2.45, 2.75) is 46.0 Å². The first kappa shape index (κ1) is 14.8. The van der Waals surface area contributed by atoms with Gasteiger partial charge < -0.3 is 10.4 Å². The molecule has 1 fully saturated rings. The Kier molecular flexibility index (Phi) is 4.57. The van der Waals surface area contributed by atoms with E-state index in [4.69, 9.17) is 0 Å². The molecule has 5 nitrogen and oxygen atoms in total. The van der Waals surface area contributed by atoms with E-state index in [1.54, 1.807) is 6.20 Å². The highest BCUT2D eigenvalue weighted by Gasteiger charge is 2.24. The maximum Gasteiger partial charge on any atom is 0.356 e. The molecule has 0 amide bonds. The molecule has 0 saturated heterocycles. The SMILES string of the molecule is CC(C)c1ncc(NCC2CCCC2C)c(C(=O)O)n1. The van der Waals surface area contributed by atoms with Crippen LogP contribution in [0.4, 0.5) is 5.69 Å². The fraction of sp³-hybridized carbons (Fsp3) is 0.667. The summed E-state index contributed by atoms with van der Waals surface area (Å²) >= 11 is 0. The molecule has 5 heteroatoms. The van der Waals surface area contributed by atoms with Crippen molar-refractivity contribution in [3.63, 3.8) is 0 Å². The molecule has 1 aromatic heterocycles. The van der Waals surface area contributed by atoms with E-state index in [2.05, 4.69) is 22.2 Å². The molecule has 1 saturated carbocycles. The van der Waals surface area contributed by atoms with E-state index >= 15 is 0 Å². The third kappa shape index (κ3) is 3.26. The Hall–Kier alpha value is -1.65. The van der Waals surface area contributed by atoms with Crippen LogP contribution in [0.5, 0.6) is 0 Å². The minimum absolute atomic E-state index is 0.0781. The number of hydrogen-bond acceptors (Lipinski definition) is 4. The van der Waals surface area contributed by atoms with E-state index in [9.17, 15) is 9.90 Å². The van der Waals surface area contributed by atoms with Crippen LogP contribution in [0.3, 0.4) is 0 Å². The minimum atomic E-state index is -1.00. The summed E-state index contributed by atoms with van der Waals surface area (Å²) < 4.78 is 0. The van der Waals surface area contributed by atoms with E-state index in [1.807, 2.05) is 13.8 Å². The monoisotopic (exact) mass is 277 g/mol.